The first-order chi connectivity index (χ1) is 11.6. The zero-order valence-corrected chi connectivity index (χ0v) is 12.6. The summed E-state index contributed by atoms with van der Waals surface area (Å²) < 4.78 is 5.57. The van der Waals surface area contributed by atoms with Crippen LogP contribution in [-0.4, -0.2) is 16.0 Å². The lowest BCUT2D eigenvalue weighted by Gasteiger charge is -2.08. The van der Waals surface area contributed by atoms with Crippen LogP contribution in [0.4, 0.5) is 0 Å². The number of hydrogen-bond acceptors (Lipinski definition) is 4. The third-order valence-corrected chi connectivity index (χ3v) is 3.39. The second-order valence-electron chi connectivity index (χ2n) is 5.12. The summed E-state index contributed by atoms with van der Waals surface area (Å²) in [6.07, 6.45) is 0. The van der Waals surface area contributed by atoms with Crippen molar-refractivity contribution in [2.75, 3.05) is 0 Å². The molecule has 0 bridgehead atoms. The number of ketones is 1. The van der Waals surface area contributed by atoms with Gasteiger partial charge in [-0.1, -0.05) is 42.5 Å². The van der Waals surface area contributed by atoms with Crippen LogP contribution in [-0.2, 0) is 6.61 Å². The zero-order valence-electron chi connectivity index (χ0n) is 12.6. The molecule has 0 saturated heterocycles. The van der Waals surface area contributed by atoms with Crippen LogP contribution in [0.15, 0.2) is 70.3 Å². The number of aromatic nitrogens is 2. The maximum Gasteiger partial charge on any atom is 0.310 e. The summed E-state index contributed by atoms with van der Waals surface area (Å²) in [6.45, 7) is 0.0645. The minimum Gasteiger partial charge on any atom is -0.487 e. The second kappa shape index (κ2) is 6.78. The first kappa shape index (κ1) is 15.5. The van der Waals surface area contributed by atoms with Gasteiger partial charge in [0, 0.05) is 17.2 Å². The molecular weight excluding hydrogens is 308 g/mol. The summed E-state index contributed by atoms with van der Waals surface area (Å²) in [6, 6.07) is 16.9. The third kappa shape index (κ3) is 3.49. The van der Waals surface area contributed by atoms with Gasteiger partial charge in [0.15, 0.2) is 5.78 Å². The molecule has 6 nitrogen and oxygen atoms in total. The average molecular weight is 322 g/mol. The van der Waals surface area contributed by atoms with Gasteiger partial charge in [-0.2, -0.15) is 0 Å². The summed E-state index contributed by atoms with van der Waals surface area (Å²) in [5.74, 6) is 0.391. The van der Waals surface area contributed by atoms with E-state index < -0.39 is 11.0 Å². The van der Waals surface area contributed by atoms with Crippen molar-refractivity contribution < 1.29 is 9.53 Å². The van der Waals surface area contributed by atoms with Crippen molar-refractivity contribution in [2.45, 2.75) is 6.61 Å². The number of aromatic amines is 2. The van der Waals surface area contributed by atoms with Crippen molar-refractivity contribution in [1.82, 2.24) is 10.2 Å². The van der Waals surface area contributed by atoms with Crippen LogP contribution in [0, 0.1) is 0 Å². The fourth-order valence-corrected chi connectivity index (χ4v) is 2.18. The van der Waals surface area contributed by atoms with Crippen LogP contribution in [0.3, 0.4) is 0 Å². The van der Waals surface area contributed by atoms with Crippen LogP contribution in [0.5, 0.6) is 5.75 Å². The van der Waals surface area contributed by atoms with E-state index in [4.69, 9.17) is 4.74 Å². The van der Waals surface area contributed by atoms with Crippen molar-refractivity contribution in [2.24, 2.45) is 0 Å². The highest BCUT2D eigenvalue weighted by molar-refractivity contribution is 6.09. The fraction of sp³-hybridized carbons (Fsp3) is 0.0556. The summed E-state index contributed by atoms with van der Waals surface area (Å²) in [7, 11) is 0. The molecule has 120 valence electrons. The smallest absolute Gasteiger partial charge is 0.310 e. The Balaban J connectivity index is 1.76. The molecule has 0 atom stereocenters. The number of hydrogen-bond donors (Lipinski definition) is 2. The Labute approximate surface area is 136 Å². The normalized spacial score (nSPS) is 10.3. The van der Waals surface area contributed by atoms with E-state index in [0.29, 0.717) is 22.6 Å². The van der Waals surface area contributed by atoms with E-state index in [0.717, 1.165) is 0 Å². The van der Waals surface area contributed by atoms with Crippen LogP contribution in [0.25, 0.3) is 0 Å². The molecule has 24 heavy (non-hydrogen) atoms. The van der Waals surface area contributed by atoms with Crippen LogP contribution < -0.4 is 15.7 Å². The Morgan fingerprint density at radius 3 is 2.38 bits per heavy atom. The molecule has 1 heterocycles. The minimum atomic E-state index is -0.714. The van der Waals surface area contributed by atoms with Crippen molar-refractivity contribution in [3.63, 3.8) is 0 Å². The molecule has 0 aliphatic rings. The molecule has 2 N–H and O–H groups in total. The SMILES string of the molecule is O=C(c1ccccc1)c1cccc(OCc2cc(=O)c(=O)[nH][nH]2)c1. The summed E-state index contributed by atoms with van der Waals surface area (Å²) in [5, 5.41) is 4.81. The van der Waals surface area contributed by atoms with E-state index in [2.05, 4.69) is 10.2 Å². The lowest BCUT2D eigenvalue weighted by Crippen LogP contribution is -2.28. The molecule has 2 aromatic carbocycles. The Hall–Kier alpha value is -3.41. The van der Waals surface area contributed by atoms with Crippen molar-refractivity contribution in [3.05, 3.63) is 98.1 Å². The van der Waals surface area contributed by atoms with E-state index in [1.165, 1.54) is 6.07 Å². The number of carbonyl (C=O) groups is 1. The van der Waals surface area contributed by atoms with E-state index in [9.17, 15) is 14.4 Å². The van der Waals surface area contributed by atoms with Gasteiger partial charge < -0.3 is 4.74 Å². The molecule has 0 aliphatic heterocycles. The van der Waals surface area contributed by atoms with Crippen LogP contribution >= 0.6 is 0 Å². The standard InChI is InChI=1S/C18H14N2O4/c21-16-10-14(19-20-18(16)23)11-24-15-8-4-7-13(9-15)17(22)12-5-2-1-3-6-12/h1-10H,11H2,(H,19,21)(H,20,23). The van der Waals surface area contributed by atoms with E-state index in [1.807, 2.05) is 6.07 Å². The predicted molar refractivity (Wildman–Crippen MR) is 88.3 cm³/mol. The predicted octanol–water partition coefficient (Wildman–Crippen LogP) is 1.87. The number of nitrogens with one attached hydrogen (secondary N) is 2. The molecule has 6 heteroatoms. The Morgan fingerprint density at radius 1 is 0.875 bits per heavy atom. The number of benzene rings is 2. The van der Waals surface area contributed by atoms with Gasteiger partial charge in [-0.25, -0.2) is 0 Å². The second-order valence-corrected chi connectivity index (χ2v) is 5.12. The van der Waals surface area contributed by atoms with Gasteiger partial charge in [-0.05, 0) is 12.1 Å². The Morgan fingerprint density at radius 2 is 1.62 bits per heavy atom. The summed E-state index contributed by atoms with van der Waals surface area (Å²) >= 11 is 0. The molecule has 0 spiro atoms. The average Bonchev–Trinajstić information content (AvgIpc) is 2.63. The topological polar surface area (TPSA) is 92.0 Å². The highest BCUT2D eigenvalue weighted by Gasteiger charge is 2.09. The monoisotopic (exact) mass is 322 g/mol. The lowest BCUT2D eigenvalue weighted by molar-refractivity contribution is 0.103. The molecule has 0 amide bonds. The van der Waals surface area contributed by atoms with Gasteiger partial charge in [-0.3, -0.25) is 24.6 Å². The van der Waals surface area contributed by atoms with Crippen molar-refractivity contribution >= 4 is 5.78 Å². The van der Waals surface area contributed by atoms with Crippen LogP contribution in [0.2, 0.25) is 0 Å². The highest BCUT2D eigenvalue weighted by Crippen LogP contribution is 2.17. The first-order valence-electron chi connectivity index (χ1n) is 7.27. The van der Waals surface area contributed by atoms with Gasteiger partial charge in [-0.15, -0.1) is 0 Å². The van der Waals surface area contributed by atoms with Gasteiger partial charge in [0.2, 0.25) is 5.43 Å². The van der Waals surface area contributed by atoms with E-state index in [-0.39, 0.29) is 12.4 Å². The van der Waals surface area contributed by atoms with Gasteiger partial charge in [0.25, 0.3) is 0 Å². The zero-order chi connectivity index (χ0) is 16.9. The fourth-order valence-electron chi connectivity index (χ4n) is 2.18. The van der Waals surface area contributed by atoms with Crippen molar-refractivity contribution in [1.29, 1.82) is 0 Å². The van der Waals surface area contributed by atoms with E-state index in [1.54, 1.807) is 48.5 Å². The highest BCUT2D eigenvalue weighted by atomic mass is 16.5. The van der Waals surface area contributed by atoms with Crippen LogP contribution in [0.1, 0.15) is 21.6 Å². The quantitative estimate of drug-likeness (QED) is 0.554. The van der Waals surface area contributed by atoms with Gasteiger partial charge in [0.05, 0.1) is 5.69 Å². The van der Waals surface area contributed by atoms with Crippen molar-refractivity contribution in [3.8, 4) is 5.75 Å². The van der Waals surface area contributed by atoms with E-state index >= 15 is 0 Å². The summed E-state index contributed by atoms with van der Waals surface area (Å²) in [4.78, 5) is 34.7. The minimum absolute atomic E-state index is 0.0645. The largest absolute Gasteiger partial charge is 0.487 e. The molecule has 0 unspecified atom stereocenters. The Bertz CT molecular complexity index is 974. The molecule has 3 aromatic rings. The third-order valence-electron chi connectivity index (χ3n) is 3.39. The molecule has 0 aliphatic carbocycles. The van der Waals surface area contributed by atoms with Gasteiger partial charge >= 0.3 is 5.56 Å². The first-order valence-corrected chi connectivity index (χ1v) is 7.27. The maximum atomic E-state index is 12.4. The number of carbonyl (C=O) groups excluding carboxylic acids is 1. The van der Waals surface area contributed by atoms with Gasteiger partial charge in [0.1, 0.15) is 12.4 Å². The molecule has 0 fully saturated rings. The molecule has 0 radical (unpaired) electrons. The maximum absolute atomic E-state index is 12.4. The molecule has 3 rings (SSSR count). The number of ether oxygens (including phenoxy) is 1. The Kier molecular flexibility index (Phi) is 4.38. The molecular formula is C18H14N2O4. The number of H-pyrrole nitrogens is 2. The lowest BCUT2D eigenvalue weighted by atomic mass is 10.0. The number of rotatable bonds is 5. The summed E-state index contributed by atoms with van der Waals surface area (Å²) in [5.41, 5.74) is 0.183. The molecule has 1 aromatic heterocycles. The molecule has 0 saturated carbocycles.